The van der Waals surface area contributed by atoms with Gasteiger partial charge in [0.15, 0.2) is 0 Å². The van der Waals surface area contributed by atoms with E-state index in [-0.39, 0.29) is 30.1 Å². The molecule has 0 radical (unpaired) electrons. The van der Waals surface area contributed by atoms with Crippen LogP contribution in [-0.4, -0.2) is 66.5 Å². The Morgan fingerprint density at radius 1 is 1.33 bits per heavy atom. The lowest BCUT2D eigenvalue weighted by molar-refractivity contribution is -0.139. The van der Waals surface area contributed by atoms with Crippen LogP contribution in [-0.2, 0) is 26.2 Å². The van der Waals surface area contributed by atoms with Gasteiger partial charge in [-0.1, -0.05) is 23.7 Å². The van der Waals surface area contributed by atoms with Gasteiger partial charge in [-0.15, -0.1) is 0 Å². The summed E-state index contributed by atoms with van der Waals surface area (Å²) in [6.07, 6.45) is -0.657. The molecule has 1 saturated heterocycles. The number of likely N-dealkylation sites (tertiary alicyclic amines) is 1. The molecular formula is C19H26ClF2N3O4S. The Hall–Kier alpha value is -1.78. The van der Waals surface area contributed by atoms with Crippen molar-refractivity contribution < 1.29 is 26.8 Å². The van der Waals surface area contributed by atoms with E-state index in [1.165, 1.54) is 18.2 Å². The summed E-state index contributed by atoms with van der Waals surface area (Å²) in [5, 5.41) is 2.41. The Morgan fingerprint density at radius 2 is 1.97 bits per heavy atom. The van der Waals surface area contributed by atoms with Gasteiger partial charge in [-0.3, -0.25) is 9.59 Å². The van der Waals surface area contributed by atoms with Crippen molar-refractivity contribution in [3.8, 4) is 0 Å². The van der Waals surface area contributed by atoms with Crippen molar-refractivity contribution in [2.45, 2.75) is 51.5 Å². The van der Waals surface area contributed by atoms with E-state index in [0.29, 0.717) is 0 Å². The monoisotopic (exact) mass is 465 g/mol. The molecule has 1 aromatic carbocycles. The number of amides is 2. The van der Waals surface area contributed by atoms with Crippen molar-refractivity contribution in [2.24, 2.45) is 0 Å². The number of hydrogen-bond acceptors (Lipinski definition) is 4. The summed E-state index contributed by atoms with van der Waals surface area (Å²) in [5.41, 5.74) is -0.723. The molecule has 2 amide bonds. The molecule has 2 atom stereocenters. The first-order valence-corrected chi connectivity index (χ1v) is 11.6. The summed E-state index contributed by atoms with van der Waals surface area (Å²) < 4.78 is 53.2. The number of halogens is 3. The maximum atomic E-state index is 14.0. The largest absolute Gasteiger partial charge is 0.350 e. The van der Waals surface area contributed by atoms with Crippen molar-refractivity contribution in [1.82, 2.24) is 14.5 Å². The molecule has 1 aliphatic rings. The molecule has 1 N–H and O–H groups in total. The van der Waals surface area contributed by atoms with Crippen molar-refractivity contribution >= 4 is 33.4 Å². The Balaban J connectivity index is 2.13. The third-order valence-electron chi connectivity index (χ3n) is 4.79. The molecule has 0 aromatic heterocycles. The highest BCUT2D eigenvalue weighted by molar-refractivity contribution is 7.88. The van der Waals surface area contributed by atoms with E-state index >= 15 is 0 Å². The molecule has 0 saturated carbocycles. The number of carbonyl (C=O) groups excluding carboxylic acids is 2. The fraction of sp³-hybridized carbons (Fsp3) is 0.579. The molecule has 1 fully saturated rings. The highest BCUT2D eigenvalue weighted by Gasteiger charge is 2.42. The Bertz CT molecular complexity index is 921. The van der Waals surface area contributed by atoms with Crippen LogP contribution < -0.4 is 5.32 Å². The molecule has 1 heterocycles. The molecule has 1 aliphatic heterocycles. The SMILES string of the molecule is CC(C)(C)N(CC(=O)N1C[C@H](F)CC1C(=O)NCc1cccc(Cl)c1F)S(C)(=O)=O. The fourth-order valence-corrected chi connectivity index (χ4v) is 4.89. The molecule has 1 unspecified atom stereocenters. The molecule has 0 bridgehead atoms. The number of nitrogens with zero attached hydrogens (tertiary/aromatic N) is 2. The first-order valence-electron chi connectivity index (χ1n) is 9.33. The Kier molecular flexibility index (Phi) is 7.47. The second kappa shape index (κ2) is 9.15. The van der Waals surface area contributed by atoms with E-state index < -0.39 is 52.0 Å². The van der Waals surface area contributed by atoms with Crippen LogP contribution in [0.25, 0.3) is 0 Å². The number of benzene rings is 1. The molecule has 1 aromatic rings. The van der Waals surface area contributed by atoms with Gasteiger partial charge in [-0.2, -0.15) is 4.31 Å². The Morgan fingerprint density at radius 3 is 2.53 bits per heavy atom. The first kappa shape index (κ1) is 24.5. The van der Waals surface area contributed by atoms with Crippen LogP contribution in [0.3, 0.4) is 0 Å². The molecule has 7 nitrogen and oxygen atoms in total. The van der Waals surface area contributed by atoms with E-state index in [1.54, 1.807) is 20.8 Å². The highest BCUT2D eigenvalue weighted by atomic mass is 35.5. The highest BCUT2D eigenvalue weighted by Crippen LogP contribution is 2.24. The van der Waals surface area contributed by atoms with Gasteiger partial charge in [-0.05, 0) is 26.8 Å². The number of nitrogens with one attached hydrogen (secondary N) is 1. The third kappa shape index (κ3) is 5.89. The minimum Gasteiger partial charge on any atom is -0.350 e. The number of hydrogen-bond donors (Lipinski definition) is 1. The number of alkyl halides is 1. The van der Waals surface area contributed by atoms with Crippen LogP contribution in [0.5, 0.6) is 0 Å². The van der Waals surface area contributed by atoms with Gasteiger partial charge in [0, 0.05) is 24.1 Å². The van der Waals surface area contributed by atoms with Crippen LogP contribution in [0.15, 0.2) is 18.2 Å². The zero-order chi connectivity index (χ0) is 22.9. The normalized spacial score (nSPS) is 19.9. The second-order valence-electron chi connectivity index (χ2n) is 8.27. The van der Waals surface area contributed by atoms with E-state index in [2.05, 4.69) is 5.32 Å². The van der Waals surface area contributed by atoms with Gasteiger partial charge in [0.1, 0.15) is 18.0 Å². The topological polar surface area (TPSA) is 86.8 Å². The molecule has 11 heteroatoms. The number of rotatable bonds is 6. The Labute approximate surface area is 180 Å². The zero-order valence-corrected chi connectivity index (χ0v) is 18.9. The quantitative estimate of drug-likeness (QED) is 0.697. The molecule has 0 aliphatic carbocycles. The predicted octanol–water partition coefficient (Wildman–Crippen LogP) is 2.09. The summed E-state index contributed by atoms with van der Waals surface area (Å²) in [6.45, 7) is 3.89. The van der Waals surface area contributed by atoms with Crippen LogP contribution >= 0.6 is 11.6 Å². The van der Waals surface area contributed by atoms with Crippen LogP contribution in [0.2, 0.25) is 5.02 Å². The second-order valence-corrected chi connectivity index (χ2v) is 10.6. The molecular weight excluding hydrogens is 440 g/mol. The van der Waals surface area contributed by atoms with Crippen molar-refractivity contribution in [3.63, 3.8) is 0 Å². The van der Waals surface area contributed by atoms with Gasteiger partial charge >= 0.3 is 0 Å². The predicted molar refractivity (Wildman–Crippen MR) is 110 cm³/mol. The summed E-state index contributed by atoms with van der Waals surface area (Å²) in [5.74, 6) is -2.00. The van der Waals surface area contributed by atoms with Gasteiger partial charge < -0.3 is 10.2 Å². The standard InChI is InChI=1S/C19H26ClF2N3O4S/c1-19(2,3)25(30(4,28)29)11-16(26)24-10-13(21)8-15(24)18(27)23-9-12-6-5-7-14(20)17(12)22/h5-7,13,15H,8-11H2,1-4H3,(H,23,27)/t13-,15?/m1/s1. The van der Waals surface area contributed by atoms with Crippen LogP contribution in [0.1, 0.15) is 32.8 Å². The van der Waals surface area contributed by atoms with Crippen molar-refractivity contribution in [3.05, 3.63) is 34.6 Å². The lowest BCUT2D eigenvalue weighted by Gasteiger charge is -2.34. The zero-order valence-electron chi connectivity index (χ0n) is 17.3. The molecule has 30 heavy (non-hydrogen) atoms. The van der Waals surface area contributed by atoms with Crippen LogP contribution in [0.4, 0.5) is 8.78 Å². The smallest absolute Gasteiger partial charge is 0.243 e. The van der Waals surface area contributed by atoms with E-state index in [0.717, 1.165) is 15.5 Å². The summed E-state index contributed by atoms with van der Waals surface area (Å²) in [6, 6.07) is 3.24. The minimum atomic E-state index is -3.72. The van der Waals surface area contributed by atoms with Crippen molar-refractivity contribution in [1.29, 1.82) is 0 Å². The van der Waals surface area contributed by atoms with Gasteiger partial charge in [0.25, 0.3) is 0 Å². The van der Waals surface area contributed by atoms with Gasteiger partial charge in [0.05, 0.1) is 24.4 Å². The van der Waals surface area contributed by atoms with Crippen LogP contribution in [0, 0.1) is 5.82 Å². The average Bonchev–Trinajstić information content (AvgIpc) is 3.00. The lowest BCUT2D eigenvalue weighted by atomic mass is 10.1. The maximum Gasteiger partial charge on any atom is 0.243 e. The molecule has 168 valence electrons. The third-order valence-corrected chi connectivity index (χ3v) is 6.55. The van der Waals surface area contributed by atoms with E-state index in [4.69, 9.17) is 11.6 Å². The lowest BCUT2D eigenvalue weighted by Crippen LogP contribution is -2.53. The molecule has 0 spiro atoms. The van der Waals surface area contributed by atoms with E-state index in [1.807, 2.05) is 0 Å². The van der Waals surface area contributed by atoms with Gasteiger partial charge in [-0.25, -0.2) is 17.2 Å². The minimum absolute atomic E-state index is 0.0914. The summed E-state index contributed by atoms with van der Waals surface area (Å²) in [4.78, 5) is 26.4. The first-order chi connectivity index (χ1) is 13.7. The van der Waals surface area contributed by atoms with Gasteiger partial charge in [0.2, 0.25) is 21.8 Å². The molecule has 2 rings (SSSR count). The summed E-state index contributed by atoms with van der Waals surface area (Å²) in [7, 11) is -3.72. The number of carbonyl (C=O) groups is 2. The maximum absolute atomic E-state index is 14.0. The number of sulfonamides is 1. The van der Waals surface area contributed by atoms with Crippen molar-refractivity contribution in [2.75, 3.05) is 19.3 Å². The fourth-order valence-electron chi connectivity index (χ4n) is 3.36. The van der Waals surface area contributed by atoms with E-state index in [9.17, 15) is 26.8 Å². The average molecular weight is 466 g/mol. The summed E-state index contributed by atoms with van der Waals surface area (Å²) >= 11 is 5.72.